The SMILES string of the molecule is Cc1nnc(N2N=C(c3ccccc3Cl)SC2(CCCN)c2ccccc2)s1. The molecule has 0 bridgehead atoms. The molecule has 0 amide bonds. The molecular formula is C20H20ClN5S2. The number of aryl methyl sites for hydroxylation is 1. The summed E-state index contributed by atoms with van der Waals surface area (Å²) in [6, 6.07) is 18.2. The molecule has 3 aromatic rings. The Labute approximate surface area is 177 Å². The predicted molar refractivity (Wildman–Crippen MR) is 119 cm³/mol. The number of rotatable bonds is 6. The molecule has 5 nitrogen and oxygen atoms in total. The van der Waals surface area contributed by atoms with Crippen molar-refractivity contribution in [3.05, 3.63) is 75.8 Å². The molecule has 2 N–H and O–H groups in total. The second-order valence-electron chi connectivity index (χ2n) is 6.45. The second-order valence-corrected chi connectivity index (χ2v) is 9.28. The maximum Gasteiger partial charge on any atom is 0.230 e. The zero-order valence-electron chi connectivity index (χ0n) is 15.4. The fourth-order valence-corrected chi connectivity index (χ4v) is 5.72. The van der Waals surface area contributed by atoms with E-state index in [0.717, 1.165) is 39.2 Å². The van der Waals surface area contributed by atoms with Gasteiger partial charge < -0.3 is 5.73 Å². The van der Waals surface area contributed by atoms with Crippen molar-refractivity contribution in [2.45, 2.75) is 24.6 Å². The summed E-state index contributed by atoms with van der Waals surface area (Å²) in [7, 11) is 0. The van der Waals surface area contributed by atoms with E-state index in [2.05, 4.69) is 34.5 Å². The number of thioether (sulfide) groups is 1. The first kappa shape index (κ1) is 19.4. The number of benzene rings is 2. The summed E-state index contributed by atoms with van der Waals surface area (Å²) < 4.78 is 0. The van der Waals surface area contributed by atoms with Gasteiger partial charge in [-0.15, -0.1) is 10.2 Å². The molecule has 0 spiro atoms. The summed E-state index contributed by atoms with van der Waals surface area (Å²) in [4.78, 5) is -0.443. The lowest BCUT2D eigenvalue weighted by Gasteiger charge is -2.35. The van der Waals surface area contributed by atoms with Gasteiger partial charge in [-0.2, -0.15) is 5.10 Å². The van der Waals surface area contributed by atoms with Gasteiger partial charge in [-0.1, -0.05) is 83.2 Å². The lowest BCUT2D eigenvalue weighted by molar-refractivity contribution is 0.525. The minimum absolute atomic E-state index is 0.443. The van der Waals surface area contributed by atoms with Gasteiger partial charge in [0.25, 0.3) is 0 Å². The van der Waals surface area contributed by atoms with Crippen LogP contribution in [0.1, 0.15) is 29.0 Å². The normalized spacial score (nSPS) is 19.1. The average Bonchev–Trinajstić information content (AvgIpc) is 3.32. The van der Waals surface area contributed by atoms with E-state index in [1.165, 1.54) is 11.3 Å². The van der Waals surface area contributed by atoms with E-state index in [9.17, 15) is 0 Å². The summed E-state index contributed by atoms with van der Waals surface area (Å²) in [6.45, 7) is 2.56. The maximum absolute atomic E-state index is 6.49. The van der Waals surface area contributed by atoms with Gasteiger partial charge in [-0.3, -0.25) is 0 Å². The molecule has 0 radical (unpaired) electrons. The Morgan fingerprint density at radius 1 is 1.07 bits per heavy atom. The van der Waals surface area contributed by atoms with E-state index in [1.807, 2.05) is 42.3 Å². The highest BCUT2D eigenvalue weighted by Crippen LogP contribution is 2.52. The van der Waals surface area contributed by atoms with Crippen molar-refractivity contribution in [1.82, 2.24) is 10.2 Å². The summed E-state index contributed by atoms with van der Waals surface area (Å²) in [5.74, 6) is 0. The van der Waals surface area contributed by atoms with E-state index in [0.29, 0.717) is 11.6 Å². The lowest BCUT2D eigenvalue weighted by Crippen LogP contribution is -2.38. The predicted octanol–water partition coefficient (Wildman–Crippen LogP) is 5.01. The number of hydrazone groups is 1. The van der Waals surface area contributed by atoms with Crippen molar-refractivity contribution < 1.29 is 0 Å². The summed E-state index contributed by atoms with van der Waals surface area (Å²) in [6.07, 6.45) is 1.69. The van der Waals surface area contributed by atoms with Crippen LogP contribution in [-0.4, -0.2) is 21.8 Å². The van der Waals surface area contributed by atoms with Crippen LogP contribution in [0.15, 0.2) is 59.7 Å². The van der Waals surface area contributed by atoms with Crippen LogP contribution in [0.4, 0.5) is 5.13 Å². The lowest BCUT2D eigenvalue weighted by atomic mass is 10.0. The molecule has 0 saturated carbocycles. The third kappa shape index (κ3) is 3.55. The van der Waals surface area contributed by atoms with Crippen LogP contribution >= 0.6 is 34.7 Å². The Bertz CT molecular complexity index is 991. The molecule has 0 aliphatic carbocycles. The highest BCUT2D eigenvalue weighted by molar-refractivity contribution is 8.15. The zero-order valence-corrected chi connectivity index (χ0v) is 17.8. The van der Waals surface area contributed by atoms with Crippen LogP contribution in [0.2, 0.25) is 5.02 Å². The molecule has 2 aromatic carbocycles. The molecule has 1 aliphatic rings. The molecule has 1 aliphatic heterocycles. The number of hydrogen-bond acceptors (Lipinski definition) is 7. The van der Waals surface area contributed by atoms with Crippen LogP contribution in [0, 0.1) is 6.92 Å². The van der Waals surface area contributed by atoms with E-state index < -0.39 is 4.87 Å². The number of anilines is 1. The first-order valence-electron chi connectivity index (χ1n) is 9.02. The van der Waals surface area contributed by atoms with Crippen LogP contribution < -0.4 is 10.7 Å². The van der Waals surface area contributed by atoms with Crippen LogP contribution in [0.5, 0.6) is 0 Å². The van der Waals surface area contributed by atoms with Gasteiger partial charge in [-0.05, 0) is 37.9 Å². The number of hydrogen-bond donors (Lipinski definition) is 1. The number of nitrogens with two attached hydrogens (primary N) is 1. The standard InChI is InChI=1S/C20H20ClN5S2/c1-14-23-24-19(27-14)26-20(12-7-13-22,15-8-3-2-4-9-15)28-18(25-26)16-10-5-6-11-17(16)21/h2-6,8-11H,7,12-13,22H2,1H3. The highest BCUT2D eigenvalue weighted by atomic mass is 35.5. The zero-order chi connectivity index (χ0) is 19.6. The number of nitrogens with zero attached hydrogens (tertiary/aromatic N) is 4. The Kier molecular flexibility index (Phi) is 5.68. The Morgan fingerprint density at radius 3 is 2.50 bits per heavy atom. The molecule has 0 fully saturated rings. The minimum Gasteiger partial charge on any atom is -0.330 e. The Hall–Kier alpha value is -1.93. The first-order valence-corrected chi connectivity index (χ1v) is 11.0. The summed E-state index contributed by atoms with van der Waals surface area (Å²) in [5, 5.41) is 18.8. The van der Waals surface area contributed by atoms with Crippen LogP contribution in [0.25, 0.3) is 0 Å². The van der Waals surface area contributed by atoms with Crippen molar-refractivity contribution in [2.24, 2.45) is 10.8 Å². The van der Waals surface area contributed by atoms with E-state index >= 15 is 0 Å². The smallest absolute Gasteiger partial charge is 0.230 e. The van der Waals surface area contributed by atoms with Gasteiger partial charge in [0.15, 0.2) is 0 Å². The van der Waals surface area contributed by atoms with Gasteiger partial charge >= 0.3 is 0 Å². The first-order chi connectivity index (χ1) is 13.6. The molecule has 144 valence electrons. The molecule has 1 atom stereocenters. The van der Waals surface area contributed by atoms with Crippen LogP contribution in [0.3, 0.4) is 0 Å². The van der Waals surface area contributed by atoms with Crippen molar-refractivity contribution in [2.75, 3.05) is 11.6 Å². The molecule has 4 rings (SSSR count). The van der Waals surface area contributed by atoms with Crippen molar-refractivity contribution >= 4 is 44.9 Å². The fourth-order valence-electron chi connectivity index (χ4n) is 3.23. The Morgan fingerprint density at radius 2 is 1.82 bits per heavy atom. The van der Waals surface area contributed by atoms with Gasteiger partial charge in [0.2, 0.25) is 5.13 Å². The van der Waals surface area contributed by atoms with Gasteiger partial charge in [-0.25, -0.2) is 5.01 Å². The van der Waals surface area contributed by atoms with Crippen molar-refractivity contribution in [3.63, 3.8) is 0 Å². The van der Waals surface area contributed by atoms with E-state index in [4.69, 9.17) is 22.4 Å². The van der Waals surface area contributed by atoms with Gasteiger partial charge in [0, 0.05) is 5.56 Å². The third-order valence-corrected chi connectivity index (χ3v) is 7.13. The second kappa shape index (κ2) is 8.21. The molecule has 0 saturated heterocycles. The Balaban J connectivity index is 1.87. The van der Waals surface area contributed by atoms with Crippen LogP contribution in [-0.2, 0) is 4.87 Å². The molecule has 1 aromatic heterocycles. The number of halogens is 1. The molecule has 8 heteroatoms. The highest BCUT2D eigenvalue weighted by Gasteiger charge is 2.47. The van der Waals surface area contributed by atoms with E-state index in [-0.39, 0.29) is 0 Å². The van der Waals surface area contributed by atoms with E-state index in [1.54, 1.807) is 11.8 Å². The largest absolute Gasteiger partial charge is 0.330 e. The topological polar surface area (TPSA) is 67.4 Å². The monoisotopic (exact) mass is 429 g/mol. The van der Waals surface area contributed by atoms with Crippen molar-refractivity contribution in [1.29, 1.82) is 0 Å². The maximum atomic E-state index is 6.49. The minimum atomic E-state index is -0.443. The summed E-state index contributed by atoms with van der Waals surface area (Å²) >= 11 is 9.73. The van der Waals surface area contributed by atoms with Crippen molar-refractivity contribution in [3.8, 4) is 0 Å². The number of aromatic nitrogens is 2. The molecular weight excluding hydrogens is 410 g/mol. The molecule has 2 heterocycles. The van der Waals surface area contributed by atoms with Gasteiger partial charge in [0.05, 0.1) is 5.02 Å². The van der Waals surface area contributed by atoms with Gasteiger partial charge in [0.1, 0.15) is 14.9 Å². The molecule has 1 unspecified atom stereocenters. The fraction of sp³-hybridized carbons (Fsp3) is 0.250. The average molecular weight is 430 g/mol. The summed E-state index contributed by atoms with van der Waals surface area (Å²) in [5.41, 5.74) is 7.97. The molecule has 28 heavy (non-hydrogen) atoms. The quantitative estimate of drug-likeness (QED) is 0.596. The third-order valence-electron chi connectivity index (χ3n) is 4.54.